The monoisotopic (exact) mass is 360 g/mol. The molecule has 1 aliphatic heterocycles. The SMILES string of the molecule is NC1CCCN(C(=O)c2ccc(Br)cc2Br)C1. The van der Waals surface area contributed by atoms with Crippen molar-refractivity contribution in [2.24, 2.45) is 5.73 Å². The first-order valence-electron chi connectivity index (χ1n) is 5.58. The molecule has 17 heavy (non-hydrogen) atoms. The van der Waals surface area contributed by atoms with Crippen molar-refractivity contribution in [3.05, 3.63) is 32.7 Å². The highest BCUT2D eigenvalue weighted by atomic mass is 79.9. The molecule has 0 radical (unpaired) electrons. The van der Waals surface area contributed by atoms with Gasteiger partial charge in [0.2, 0.25) is 0 Å². The maximum absolute atomic E-state index is 12.3. The summed E-state index contributed by atoms with van der Waals surface area (Å²) in [5.74, 6) is 0.0551. The number of rotatable bonds is 1. The van der Waals surface area contributed by atoms with Crippen molar-refractivity contribution in [3.63, 3.8) is 0 Å². The molecule has 0 saturated carbocycles. The number of nitrogens with two attached hydrogens (primary N) is 1. The Labute approximate surface area is 118 Å². The van der Waals surface area contributed by atoms with Gasteiger partial charge in [0.05, 0.1) is 5.56 Å². The Morgan fingerprint density at radius 2 is 2.18 bits per heavy atom. The van der Waals surface area contributed by atoms with Gasteiger partial charge in [0, 0.05) is 28.1 Å². The Morgan fingerprint density at radius 3 is 2.82 bits per heavy atom. The topological polar surface area (TPSA) is 46.3 Å². The van der Waals surface area contributed by atoms with Crippen molar-refractivity contribution in [1.29, 1.82) is 0 Å². The summed E-state index contributed by atoms with van der Waals surface area (Å²) < 4.78 is 1.77. The van der Waals surface area contributed by atoms with Gasteiger partial charge in [-0.15, -0.1) is 0 Å². The Balaban J connectivity index is 2.18. The molecule has 0 bridgehead atoms. The van der Waals surface area contributed by atoms with Gasteiger partial charge in [-0.2, -0.15) is 0 Å². The minimum Gasteiger partial charge on any atom is -0.337 e. The Hall–Kier alpha value is -0.390. The number of carbonyl (C=O) groups excluding carboxylic acids is 1. The summed E-state index contributed by atoms with van der Waals surface area (Å²) >= 11 is 6.80. The van der Waals surface area contributed by atoms with Crippen LogP contribution in [0.1, 0.15) is 23.2 Å². The molecule has 0 spiro atoms. The zero-order valence-electron chi connectivity index (χ0n) is 9.33. The van der Waals surface area contributed by atoms with Crippen LogP contribution in [0.25, 0.3) is 0 Å². The second-order valence-corrected chi connectivity index (χ2v) is 6.05. The van der Waals surface area contributed by atoms with Crippen molar-refractivity contribution in [3.8, 4) is 0 Å². The number of amides is 1. The van der Waals surface area contributed by atoms with Crippen LogP contribution >= 0.6 is 31.9 Å². The lowest BCUT2D eigenvalue weighted by molar-refractivity contribution is 0.0708. The van der Waals surface area contributed by atoms with Crippen LogP contribution in [-0.2, 0) is 0 Å². The molecule has 2 rings (SSSR count). The van der Waals surface area contributed by atoms with Gasteiger partial charge in [-0.3, -0.25) is 4.79 Å². The minimum atomic E-state index is 0.0551. The van der Waals surface area contributed by atoms with E-state index in [0.29, 0.717) is 12.1 Å². The molecular formula is C12H14Br2N2O. The number of benzene rings is 1. The molecule has 1 amide bonds. The highest BCUT2D eigenvalue weighted by Crippen LogP contribution is 2.24. The van der Waals surface area contributed by atoms with E-state index in [0.717, 1.165) is 28.3 Å². The normalized spacial score (nSPS) is 20.4. The summed E-state index contributed by atoms with van der Waals surface area (Å²) in [6.07, 6.45) is 1.99. The molecule has 1 aliphatic rings. The van der Waals surface area contributed by atoms with Gasteiger partial charge < -0.3 is 10.6 Å². The van der Waals surface area contributed by atoms with E-state index >= 15 is 0 Å². The zero-order valence-corrected chi connectivity index (χ0v) is 12.5. The fourth-order valence-corrected chi connectivity index (χ4v) is 3.24. The highest BCUT2D eigenvalue weighted by Gasteiger charge is 2.23. The molecule has 5 heteroatoms. The van der Waals surface area contributed by atoms with E-state index in [1.54, 1.807) is 0 Å². The molecule has 1 aromatic rings. The van der Waals surface area contributed by atoms with Crippen LogP contribution in [0.5, 0.6) is 0 Å². The van der Waals surface area contributed by atoms with Gasteiger partial charge in [-0.05, 0) is 47.0 Å². The second kappa shape index (κ2) is 5.50. The largest absolute Gasteiger partial charge is 0.337 e. The third-order valence-corrected chi connectivity index (χ3v) is 4.06. The molecule has 0 aliphatic carbocycles. The van der Waals surface area contributed by atoms with Crippen LogP contribution < -0.4 is 5.73 Å². The highest BCUT2D eigenvalue weighted by molar-refractivity contribution is 9.11. The maximum Gasteiger partial charge on any atom is 0.255 e. The number of carbonyl (C=O) groups is 1. The fourth-order valence-electron chi connectivity index (χ4n) is 2.03. The zero-order chi connectivity index (χ0) is 12.4. The fraction of sp³-hybridized carbons (Fsp3) is 0.417. The van der Waals surface area contributed by atoms with Gasteiger partial charge in [0.25, 0.3) is 5.91 Å². The van der Waals surface area contributed by atoms with Crippen molar-refractivity contribution in [2.45, 2.75) is 18.9 Å². The lowest BCUT2D eigenvalue weighted by Crippen LogP contribution is -2.45. The summed E-state index contributed by atoms with van der Waals surface area (Å²) in [5, 5.41) is 0. The number of hydrogen-bond acceptors (Lipinski definition) is 2. The first-order chi connectivity index (χ1) is 8.08. The van der Waals surface area contributed by atoms with E-state index in [1.807, 2.05) is 23.1 Å². The predicted octanol–water partition coefficient (Wildman–Crippen LogP) is 2.77. The number of piperidine rings is 1. The third-order valence-electron chi connectivity index (χ3n) is 2.91. The molecule has 2 N–H and O–H groups in total. The smallest absolute Gasteiger partial charge is 0.255 e. The number of likely N-dealkylation sites (tertiary alicyclic amines) is 1. The first-order valence-corrected chi connectivity index (χ1v) is 7.16. The quantitative estimate of drug-likeness (QED) is 0.835. The number of nitrogens with zero attached hydrogens (tertiary/aromatic N) is 1. The Morgan fingerprint density at radius 1 is 1.41 bits per heavy atom. The van der Waals surface area contributed by atoms with Gasteiger partial charge in [-0.25, -0.2) is 0 Å². The van der Waals surface area contributed by atoms with Crippen LogP contribution in [0.15, 0.2) is 27.1 Å². The Bertz CT molecular complexity index is 437. The molecule has 1 aromatic carbocycles. The standard InChI is InChI=1S/C12H14Br2N2O/c13-8-3-4-10(11(14)6-8)12(17)16-5-1-2-9(15)7-16/h3-4,6,9H,1-2,5,7,15H2. The third kappa shape index (κ3) is 3.09. The van der Waals surface area contributed by atoms with Gasteiger partial charge in [0.1, 0.15) is 0 Å². The summed E-state index contributed by atoms with van der Waals surface area (Å²) in [4.78, 5) is 14.1. The minimum absolute atomic E-state index is 0.0551. The lowest BCUT2D eigenvalue weighted by atomic mass is 10.1. The van der Waals surface area contributed by atoms with Crippen molar-refractivity contribution in [2.75, 3.05) is 13.1 Å². The van der Waals surface area contributed by atoms with E-state index in [9.17, 15) is 4.79 Å². The second-order valence-electron chi connectivity index (χ2n) is 4.28. The molecule has 1 heterocycles. The summed E-state index contributed by atoms with van der Waals surface area (Å²) in [7, 11) is 0. The van der Waals surface area contributed by atoms with Gasteiger partial charge in [0.15, 0.2) is 0 Å². The molecule has 92 valence electrons. The molecule has 1 atom stereocenters. The van der Waals surface area contributed by atoms with Gasteiger partial charge in [-0.1, -0.05) is 15.9 Å². The molecule has 1 unspecified atom stereocenters. The van der Waals surface area contributed by atoms with E-state index in [2.05, 4.69) is 31.9 Å². The van der Waals surface area contributed by atoms with Gasteiger partial charge >= 0.3 is 0 Å². The Kier molecular flexibility index (Phi) is 4.22. The summed E-state index contributed by atoms with van der Waals surface area (Å²) in [6, 6.07) is 5.71. The molecule has 1 saturated heterocycles. The maximum atomic E-state index is 12.3. The average Bonchev–Trinajstić information content (AvgIpc) is 2.28. The van der Waals surface area contributed by atoms with Crippen LogP contribution in [0.3, 0.4) is 0 Å². The summed E-state index contributed by atoms with van der Waals surface area (Å²) in [6.45, 7) is 1.45. The van der Waals surface area contributed by atoms with E-state index < -0.39 is 0 Å². The predicted molar refractivity (Wildman–Crippen MR) is 75.0 cm³/mol. The average molecular weight is 362 g/mol. The first kappa shape index (κ1) is 13.1. The van der Waals surface area contributed by atoms with Crippen molar-refractivity contribution in [1.82, 2.24) is 4.90 Å². The lowest BCUT2D eigenvalue weighted by Gasteiger charge is -2.31. The number of halogens is 2. The summed E-state index contributed by atoms with van der Waals surface area (Å²) in [5.41, 5.74) is 6.59. The number of hydrogen-bond donors (Lipinski definition) is 1. The molecule has 1 fully saturated rings. The van der Waals surface area contributed by atoms with E-state index in [4.69, 9.17) is 5.73 Å². The van der Waals surface area contributed by atoms with E-state index in [-0.39, 0.29) is 11.9 Å². The van der Waals surface area contributed by atoms with Crippen molar-refractivity contribution < 1.29 is 4.79 Å². The van der Waals surface area contributed by atoms with E-state index in [1.165, 1.54) is 0 Å². The molecular weight excluding hydrogens is 348 g/mol. The van der Waals surface area contributed by atoms with Crippen LogP contribution in [0.4, 0.5) is 0 Å². The van der Waals surface area contributed by atoms with Crippen LogP contribution in [-0.4, -0.2) is 29.9 Å². The van der Waals surface area contributed by atoms with Crippen LogP contribution in [0, 0.1) is 0 Å². The molecule has 3 nitrogen and oxygen atoms in total. The van der Waals surface area contributed by atoms with Crippen LogP contribution in [0.2, 0.25) is 0 Å². The molecule has 0 aromatic heterocycles. The van der Waals surface area contributed by atoms with Crippen molar-refractivity contribution >= 4 is 37.8 Å².